The van der Waals surface area contributed by atoms with Crippen LogP contribution in [0.1, 0.15) is 5.56 Å². The standard InChI is InChI=1S/C12H9NO4/c1-17-9-5-3-2-4-7(9)6-8-10(14)11(15)12(16)13-8/h2-6H,1H3,(H,13,16). The van der Waals surface area contributed by atoms with Crippen LogP contribution in [-0.2, 0) is 14.4 Å². The molecule has 86 valence electrons. The van der Waals surface area contributed by atoms with Crippen molar-refractivity contribution in [2.24, 2.45) is 0 Å². The molecule has 5 heteroatoms. The maximum absolute atomic E-state index is 11.4. The molecule has 1 saturated heterocycles. The van der Waals surface area contributed by atoms with Crippen LogP contribution in [-0.4, -0.2) is 24.6 Å². The molecule has 1 amide bonds. The third-order valence-electron chi connectivity index (χ3n) is 2.34. The van der Waals surface area contributed by atoms with Crippen molar-refractivity contribution in [2.75, 3.05) is 7.11 Å². The van der Waals surface area contributed by atoms with E-state index in [1.165, 1.54) is 13.2 Å². The van der Waals surface area contributed by atoms with E-state index in [9.17, 15) is 14.4 Å². The Bertz CT molecular complexity index is 545. The molecule has 17 heavy (non-hydrogen) atoms. The van der Waals surface area contributed by atoms with Crippen LogP contribution in [0.5, 0.6) is 5.75 Å². The summed E-state index contributed by atoms with van der Waals surface area (Å²) < 4.78 is 5.09. The predicted octanol–water partition coefficient (Wildman–Crippen LogP) is 0.304. The maximum Gasteiger partial charge on any atom is 0.300 e. The Morgan fingerprint density at radius 2 is 1.82 bits per heavy atom. The summed E-state index contributed by atoms with van der Waals surface area (Å²) in [5, 5.41) is 2.22. The van der Waals surface area contributed by atoms with Gasteiger partial charge in [0.2, 0.25) is 0 Å². The molecule has 1 N–H and O–H groups in total. The van der Waals surface area contributed by atoms with E-state index in [0.717, 1.165) is 0 Å². The number of rotatable bonds is 2. The third kappa shape index (κ3) is 1.94. The summed E-state index contributed by atoms with van der Waals surface area (Å²) in [6, 6.07) is 6.97. The summed E-state index contributed by atoms with van der Waals surface area (Å²) in [5.41, 5.74) is 0.595. The van der Waals surface area contributed by atoms with Crippen molar-refractivity contribution in [1.29, 1.82) is 0 Å². The Labute approximate surface area is 97.1 Å². The molecule has 0 spiro atoms. The Kier molecular flexibility index (Phi) is 2.74. The largest absolute Gasteiger partial charge is 0.496 e. The highest BCUT2D eigenvalue weighted by molar-refractivity contribution is 6.71. The number of carbonyl (C=O) groups is 3. The van der Waals surface area contributed by atoms with Gasteiger partial charge in [-0.3, -0.25) is 14.4 Å². The Hall–Kier alpha value is -2.43. The number of para-hydroxylation sites is 1. The van der Waals surface area contributed by atoms with Gasteiger partial charge in [0, 0.05) is 5.56 Å². The lowest BCUT2D eigenvalue weighted by Gasteiger charge is -2.04. The van der Waals surface area contributed by atoms with Gasteiger partial charge < -0.3 is 10.1 Å². The second kappa shape index (κ2) is 4.21. The van der Waals surface area contributed by atoms with Crippen LogP contribution < -0.4 is 10.1 Å². The summed E-state index contributed by atoms with van der Waals surface area (Å²) in [5.74, 6) is -2.19. The van der Waals surface area contributed by atoms with Gasteiger partial charge in [-0.15, -0.1) is 0 Å². The number of benzene rings is 1. The van der Waals surface area contributed by atoms with Crippen molar-refractivity contribution in [1.82, 2.24) is 5.32 Å². The van der Waals surface area contributed by atoms with Crippen molar-refractivity contribution in [2.45, 2.75) is 0 Å². The van der Waals surface area contributed by atoms with Crippen LogP contribution in [0.3, 0.4) is 0 Å². The molecular formula is C12H9NO4. The third-order valence-corrected chi connectivity index (χ3v) is 2.34. The Balaban J connectivity index is 2.41. The zero-order valence-electron chi connectivity index (χ0n) is 9.02. The second-order valence-electron chi connectivity index (χ2n) is 3.41. The van der Waals surface area contributed by atoms with Gasteiger partial charge in [0.05, 0.1) is 12.8 Å². The summed E-state index contributed by atoms with van der Waals surface area (Å²) in [6.07, 6.45) is 1.42. The normalized spacial score (nSPS) is 17.5. The van der Waals surface area contributed by atoms with Gasteiger partial charge in [-0.2, -0.15) is 0 Å². The van der Waals surface area contributed by atoms with Gasteiger partial charge in [-0.05, 0) is 12.1 Å². The fourth-order valence-electron chi connectivity index (χ4n) is 1.50. The van der Waals surface area contributed by atoms with E-state index >= 15 is 0 Å². The molecule has 0 radical (unpaired) electrons. The average molecular weight is 231 g/mol. The number of nitrogens with one attached hydrogen (secondary N) is 1. The van der Waals surface area contributed by atoms with Crippen LogP contribution >= 0.6 is 0 Å². The minimum atomic E-state index is -1.04. The quantitative estimate of drug-likeness (QED) is 0.587. The molecule has 5 nitrogen and oxygen atoms in total. The fourth-order valence-corrected chi connectivity index (χ4v) is 1.50. The molecular weight excluding hydrogens is 222 g/mol. The molecule has 1 aliphatic heterocycles. The molecule has 0 bridgehead atoms. The molecule has 0 unspecified atom stereocenters. The number of hydrogen-bond donors (Lipinski definition) is 1. The topological polar surface area (TPSA) is 72.5 Å². The Morgan fingerprint density at radius 3 is 2.41 bits per heavy atom. The lowest BCUT2D eigenvalue weighted by atomic mass is 10.1. The van der Waals surface area contributed by atoms with Gasteiger partial charge in [-0.1, -0.05) is 18.2 Å². The fraction of sp³-hybridized carbons (Fsp3) is 0.0833. The van der Waals surface area contributed by atoms with E-state index in [0.29, 0.717) is 11.3 Å². The number of ketones is 2. The van der Waals surface area contributed by atoms with Crippen LogP contribution in [0.15, 0.2) is 30.0 Å². The van der Waals surface area contributed by atoms with Crippen molar-refractivity contribution in [3.8, 4) is 5.75 Å². The number of Topliss-reactive ketones (excluding diaryl/α,β-unsaturated/α-hetero) is 2. The molecule has 2 rings (SSSR count). The lowest BCUT2D eigenvalue weighted by Crippen LogP contribution is -2.18. The van der Waals surface area contributed by atoms with Gasteiger partial charge in [0.25, 0.3) is 11.6 Å². The number of ether oxygens (including phenoxy) is 1. The number of hydrogen-bond acceptors (Lipinski definition) is 4. The summed E-state index contributed by atoms with van der Waals surface area (Å²) in [4.78, 5) is 33.4. The highest BCUT2D eigenvalue weighted by Crippen LogP contribution is 2.21. The summed E-state index contributed by atoms with van der Waals surface area (Å²) >= 11 is 0. The minimum absolute atomic E-state index is 0.0236. The number of methoxy groups -OCH3 is 1. The van der Waals surface area contributed by atoms with Crippen LogP contribution in [0, 0.1) is 0 Å². The first kappa shape index (κ1) is 11.1. The van der Waals surface area contributed by atoms with Gasteiger partial charge in [-0.25, -0.2) is 0 Å². The number of allylic oxidation sites excluding steroid dienone is 1. The molecule has 0 aromatic heterocycles. The molecule has 0 saturated carbocycles. The van der Waals surface area contributed by atoms with E-state index in [2.05, 4.69) is 5.32 Å². The van der Waals surface area contributed by atoms with E-state index in [4.69, 9.17) is 4.74 Å². The molecule has 1 aliphatic rings. The minimum Gasteiger partial charge on any atom is -0.496 e. The predicted molar refractivity (Wildman–Crippen MR) is 59.1 cm³/mol. The van der Waals surface area contributed by atoms with Crippen molar-refractivity contribution in [3.05, 3.63) is 35.5 Å². The maximum atomic E-state index is 11.4. The highest BCUT2D eigenvalue weighted by Gasteiger charge is 2.34. The van der Waals surface area contributed by atoms with Crippen LogP contribution in [0.2, 0.25) is 0 Å². The van der Waals surface area contributed by atoms with E-state index in [-0.39, 0.29) is 5.70 Å². The van der Waals surface area contributed by atoms with E-state index < -0.39 is 17.5 Å². The van der Waals surface area contributed by atoms with Crippen molar-refractivity contribution in [3.63, 3.8) is 0 Å². The molecule has 0 atom stereocenters. The summed E-state index contributed by atoms with van der Waals surface area (Å²) in [6.45, 7) is 0. The zero-order chi connectivity index (χ0) is 12.4. The zero-order valence-corrected chi connectivity index (χ0v) is 9.02. The molecule has 1 aromatic carbocycles. The van der Waals surface area contributed by atoms with Crippen molar-refractivity contribution >= 4 is 23.5 Å². The van der Waals surface area contributed by atoms with Crippen LogP contribution in [0.4, 0.5) is 0 Å². The van der Waals surface area contributed by atoms with Gasteiger partial charge >= 0.3 is 5.91 Å². The molecule has 1 heterocycles. The first-order valence-corrected chi connectivity index (χ1v) is 4.88. The first-order valence-electron chi connectivity index (χ1n) is 4.88. The van der Waals surface area contributed by atoms with Crippen molar-refractivity contribution < 1.29 is 19.1 Å². The van der Waals surface area contributed by atoms with Gasteiger partial charge in [0.15, 0.2) is 0 Å². The monoisotopic (exact) mass is 231 g/mol. The first-order chi connectivity index (χ1) is 8.13. The second-order valence-corrected chi connectivity index (χ2v) is 3.41. The van der Waals surface area contributed by atoms with E-state index in [1.807, 2.05) is 0 Å². The number of amides is 1. The Morgan fingerprint density at radius 1 is 1.12 bits per heavy atom. The average Bonchev–Trinajstić information content (AvgIpc) is 2.58. The summed E-state index contributed by atoms with van der Waals surface area (Å²) in [7, 11) is 1.50. The number of carbonyl (C=O) groups excluding carboxylic acids is 3. The SMILES string of the molecule is COc1ccccc1C=C1NC(=O)C(=O)C1=O. The van der Waals surface area contributed by atoms with Gasteiger partial charge in [0.1, 0.15) is 5.75 Å². The molecule has 0 aliphatic carbocycles. The van der Waals surface area contributed by atoms with Crippen LogP contribution in [0.25, 0.3) is 6.08 Å². The van der Waals surface area contributed by atoms with E-state index in [1.54, 1.807) is 24.3 Å². The molecule has 1 fully saturated rings. The lowest BCUT2D eigenvalue weighted by molar-refractivity contribution is -0.140. The highest BCUT2D eigenvalue weighted by atomic mass is 16.5. The molecule has 1 aromatic rings. The smallest absolute Gasteiger partial charge is 0.300 e.